The maximum atomic E-state index is 13.0. The number of methoxy groups -OCH3 is 2. The highest BCUT2D eigenvalue weighted by molar-refractivity contribution is 8.27. The van der Waals surface area contributed by atoms with Crippen molar-refractivity contribution in [3.05, 3.63) is 75.4 Å². The molecular formula is C22H16N2O6S2. The number of nitrogens with zero attached hydrogens (tertiary/aromatic N) is 2. The van der Waals surface area contributed by atoms with Gasteiger partial charge in [0.25, 0.3) is 11.6 Å². The Bertz CT molecular complexity index is 1270. The summed E-state index contributed by atoms with van der Waals surface area (Å²) in [4.78, 5) is 25.8. The summed E-state index contributed by atoms with van der Waals surface area (Å²) in [6.07, 6.45) is 1.56. The molecule has 1 aromatic heterocycles. The van der Waals surface area contributed by atoms with Crippen molar-refractivity contribution in [2.45, 2.75) is 0 Å². The van der Waals surface area contributed by atoms with Crippen LogP contribution in [-0.2, 0) is 4.79 Å². The molecule has 1 aliphatic heterocycles. The van der Waals surface area contributed by atoms with Crippen molar-refractivity contribution in [1.29, 1.82) is 0 Å². The first-order valence-electron chi connectivity index (χ1n) is 9.26. The van der Waals surface area contributed by atoms with E-state index >= 15 is 0 Å². The van der Waals surface area contributed by atoms with Gasteiger partial charge in [-0.15, -0.1) is 0 Å². The van der Waals surface area contributed by atoms with Crippen LogP contribution in [0.25, 0.3) is 17.4 Å². The number of carbonyl (C=O) groups excluding carboxylic acids is 1. The topological polar surface area (TPSA) is 95.1 Å². The lowest BCUT2D eigenvalue weighted by molar-refractivity contribution is -0.384. The van der Waals surface area contributed by atoms with Gasteiger partial charge in [0, 0.05) is 6.08 Å². The van der Waals surface area contributed by atoms with Crippen LogP contribution in [0.2, 0.25) is 0 Å². The Hall–Kier alpha value is -3.63. The number of anilines is 1. The Morgan fingerprint density at radius 2 is 1.91 bits per heavy atom. The summed E-state index contributed by atoms with van der Waals surface area (Å²) in [6, 6.07) is 14.8. The lowest BCUT2D eigenvalue weighted by Crippen LogP contribution is -2.27. The molecule has 8 nitrogen and oxygen atoms in total. The second-order valence-electron chi connectivity index (χ2n) is 6.53. The third kappa shape index (κ3) is 3.97. The number of thioether (sulfide) groups is 1. The number of carbonyl (C=O) groups is 1. The van der Waals surface area contributed by atoms with Crippen LogP contribution >= 0.6 is 24.0 Å². The molecule has 32 heavy (non-hydrogen) atoms. The number of nitro benzene ring substituents is 1. The van der Waals surface area contributed by atoms with E-state index in [0.29, 0.717) is 43.5 Å². The maximum Gasteiger partial charge on any atom is 0.284 e. The lowest BCUT2D eigenvalue weighted by Gasteiger charge is -2.17. The van der Waals surface area contributed by atoms with Gasteiger partial charge in [0.2, 0.25) is 0 Å². The molecule has 1 fully saturated rings. The number of hydrogen-bond donors (Lipinski definition) is 0. The van der Waals surface area contributed by atoms with Crippen LogP contribution in [0.15, 0.2) is 63.9 Å². The van der Waals surface area contributed by atoms with Crippen molar-refractivity contribution in [2.75, 3.05) is 19.1 Å². The highest BCUT2D eigenvalue weighted by Gasteiger charge is 2.35. The predicted octanol–water partition coefficient (Wildman–Crippen LogP) is 5.28. The Morgan fingerprint density at radius 1 is 1.12 bits per heavy atom. The lowest BCUT2D eigenvalue weighted by atomic mass is 10.1. The third-order valence-corrected chi connectivity index (χ3v) is 5.99. The smallest absolute Gasteiger partial charge is 0.284 e. The van der Waals surface area contributed by atoms with Gasteiger partial charge in [0.1, 0.15) is 23.0 Å². The fourth-order valence-corrected chi connectivity index (χ4v) is 4.46. The minimum absolute atomic E-state index is 0.146. The van der Waals surface area contributed by atoms with Crippen molar-refractivity contribution in [1.82, 2.24) is 0 Å². The molecule has 10 heteroatoms. The second kappa shape index (κ2) is 8.85. The molecule has 162 valence electrons. The molecule has 0 atom stereocenters. The summed E-state index contributed by atoms with van der Waals surface area (Å²) < 4.78 is 16.6. The highest BCUT2D eigenvalue weighted by atomic mass is 32.2. The van der Waals surface area contributed by atoms with Gasteiger partial charge in [-0.1, -0.05) is 36.1 Å². The van der Waals surface area contributed by atoms with E-state index in [1.54, 1.807) is 54.6 Å². The monoisotopic (exact) mass is 468 g/mol. The van der Waals surface area contributed by atoms with Crippen LogP contribution in [-0.4, -0.2) is 29.4 Å². The number of ether oxygens (including phenoxy) is 2. The van der Waals surface area contributed by atoms with Crippen molar-refractivity contribution in [3.63, 3.8) is 0 Å². The molecule has 0 bridgehead atoms. The van der Waals surface area contributed by atoms with Crippen molar-refractivity contribution in [3.8, 4) is 22.8 Å². The van der Waals surface area contributed by atoms with Gasteiger partial charge in [-0.25, -0.2) is 0 Å². The van der Waals surface area contributed by atoms with Crippen molar-refractivity contribution < 1.29 is 23.6 Å². The molecule has 0 saturated carbocycles. The summed E-state index contributed by atoms with van der Waals surface area (Å²) in [5.41, 5.74) is 0.708. The molecule has 3 aromatic rings. The van der Waals surface area contributed by atoms with Gasteiger partial charge in [0.05, 0.1) is 41.4 Å². The first kappa shape index (κ1) is 21.6. The Kier molecular flexibility index (Phi) is 5.97. The van der Waals surface area contributed by atoms with Crippen LogP contribution in [0.4, 0.5) is 11.4 Å². The Morgan fingerprint density at radius 3 is 2.62 bits per heavy atom. The molecule has 2 heterocycles. The number of thiocarbonyl (C=S) groups is 1. The largest absolute Gasteiger partial charge is 0.497 e. The summed E-state index contributed by atoms with van der Waals surface area (Å²) in [7, 11) is 2.96. The van der Waals surface area contributed by atoms with Gasteiger partial charge in [-0.05, 0) is 36.4 Å². The molecule has 4 rings (SSSR count). The van der Waals surface area contributed by atoms with E-state index in [-0.39, 0.29) is 11.6 Å². The van der Waals surface area contributed by atoms with E-state index in [0.717, 1.165) is 11.8 Å². The molecule has 0 unspecified atom stereocenters. The maximum absolute atomic E-state index is 13.0. The average molecular weight is 469 g/mol. The molecular weight excluding hydrogens is 452 g/mol. The predicted molar refractivity (Wildman–Crippen MR) is 126 cm³/mol. The number of benzene rings is 2. The normalized spacial score (nSPS) is 14.8. The summed E-state index contributed by atoms with van der Waals surface area (Å²) in [5.74, 6) is 1.25. The summed E-state index contributed by atoms with van der Waals surface area (Å²) >= 11 is 6.54. The molecule has 0 radical (unpaired) electrons. The van der Waals surface area contributed by atoms with E-state index in [4.69, 9.17) is 26.1 Å². The van der Waals surface area contributed by atoms with Crippen LogP contribution in [0.3, 0.4) is 0 Å². The zero-order valence-electron chi connectivity index (χ0n) is 16.9. The molecule has 1 amide bonds. The van der Waals surface area contributed by atoms with E-state index in [2.05, 4.69) is 0 Å². The van der Waals surface area contributed by atoms with Gasteiger partial charge in [-0.2, -0.15) is 0 Å². The molecule has 2 aromatic carbocycles. The number of para-hydroxylation sites is 2. The van der Waals surface area contributed by atoms with Gasteiger partial charge in [-0.3, -0.25) is 19.8 Å². The quantitative estimate of drug-likeness (QED) is 0.209. The number of amides is 1. The standard InChI is InChI=1S/C22H16N2O6S2/c1-28-13-7-9-15(17(11-13)24(26)27)18-10-8-14(30-18)12-20-21(25)23(22(31)32-20)16-5-3-4-6-19(16)29-2/h3-12H,1-2H3/b20-12+. The van der Waals surface area contributed by atoms with Crippen molar-refractivity contribution >= 4 is 51.7 Å². The molecule has 0 aliphatic carbocycles. The van der Waals surface area contributed by atoms with Crippen LogP contribution in [0.1, 0.15) is 5.76 Å². The number of nitro groups is 1. The number of hydrogen-bond acceptors (Lipinski definition) is 8. The SMILES string of the molecule is COc1ccc(-c2ccc(/C=C3/SC(=S)N(c4ccccc4OC)C3=O)o2)c([N+](=O)[O-])c1. The molecule has 0 spiro atoms. The first-order valence-corrected chi connectivity index (χ1v) is 10.5. The molecule has 0 N–H and O–H groups in total. The minimum Gasteiger partial charge on any atom is -0.497 e. The van der Waals surface area contributed by atoms with Gasteiger partial charge in [0.15, 0.2) is 4.32 Å². The van der Waals surface area contributed by atoms with E-state index in [1.807, 2.05) is 0 Å². The average Bonchev–Trinajstić information content (AvgIpc) is 3.37. The molecule has 1 saturated heterocycles. The zero-order valence-corrected chi connectivity index (χ0v) is 18.6. The number of furan rings is 1. The van der Waals surface area contributed by atoms with Crippen LogP contribution < -0.4 is 14.4 Å². The van der Waals surface area contributed by atoms with Gasteiger partial charge < -0.3 is 13.9 Å². The Labute approximate surface area is 192 Å². The van der Waals surface area contributed by atoms with E-state index in [1.165, 1.54) is 25.2 Å². The zero-order chi connectivity index (χ0) is 22.8. The van der Waals surface area contributed by atoms with Crippen LogP contribution in [0, 0.1) is 10.1 Å². The minimum atomic E-state index is -0.502. The molecule has 1 aliphatic rings. The Balaban J connectivity index is 1.65. The fraction of sp³-hybridized carbons (Fsp3) is 0.0909. The number of rotatable bonds is 6. The van der Waals surface area contributed by atoms with Gasteiger partial charge >= 0.3 is 0 Å². The van der Waals surface area contributed by atoms with E-state index < -0.39 is 4.92 Å². The summed E-state index contributed by atoms with van der Waals surface area (Å²) in [5, 5.41) is 11.5. The fourth-order valence-electron chi connectivity index (χ4n) is 3.19. The van der Waals surface area contributed by atoms with Crippen molar-refractivity contribution in [2.24, 2.45) is 0 Å². The third-order valence-electron chi connectivity index (χ3n) is 4.69. The van der Waals surface area contributed by atoms with E-state index in [9.17, 15) is 14.9 Å². The second-order valence-corrected chi connectivity index (χ2v) is 8.21. The summed E-state index contributed by atoms with van der Waals surface area (Å²) in [6.45, 7) is 0. The van der Waals surface area contributed by atoms with Crippen LogP contribution in [0.5, 0.6) is 11.5 Å². The highest BCUT2D eigenvalue weighted by Crippen LogP contribution is 2.40. The first-order chi connectivity index (χ1) is 15.4.